The lowest BCUT2D eigenvalue weighted by Gasteiger charge is -2.12. The van der Waals surface area contributed by atoms with E-state index in [0.29, 0.717) is 12.2 Å². The molecule has 2 rings (SSSR count). The minimum absolute atomic E-state index is 0.0372. The molecule has 0 aliphatic carbocycles. The molecular formula is C16H17N3O4S2. The van der Waals surface area contributed by atoms with E-state index in [2.05, 4.69) is 22.7 Å². The van der Waals surface area contributed by atoms with Crippen molar-refractivity contribution in [3.05, 3.63) is 54.1 Å². The Hall–Kier alpha value is -2.65. The largest absolute Gasteiger partial charge is 0.490 e. The highest BCUT2D eigenvalue weighted by atomic mass is 32.2. The Morgan fingerprint density at radius 1 is 1.24 bits per heavy atom. The standard InChI is InChI=1S/C16H17N3O4S2/c1-2-22-15-10-12(11-18-19-16(17)24)8-9-14(15)23-25(20,21)13-6-4-3-5-7-13/h3-11H,2H2,1H3,(H3,17,19,24)/b18-11+. The molecule has 7 nitrogen and oxygen atoms in total. The van der Waals surface area contributed by atoms with Crippen LogP contribution < -0.4 is 20.1 Å². The lowest BCUT2D eigenvalue weighted by molar-refractivity contribution is 0.327. The van der Waals surface area contributed by atoms with E-state index >= 15 is 0 Å². The Morgan fingerprint density at radius 2 is 1.96 bits per heavy atom. The van der Waals surface area contributed by atoms with E-state index < -0.39 is 10.1 Å². The summed E-state index contributed by atoms with van der Waals surface area (Å²) in [5, 5.41) is 3.88. The average molecular weight is 379 g/mol. The molecule has 3 N–H and O–H groups in total. The smallest absolute Gasteiger partial charge is 0.339 e. The van der Waals surface area contributed by atoms with Crippen LogP contribution in [0.25, 0.3) is 0 Å². The summed E-state index contributed by atoms with van der Waals surface area (Å²) < 4.78 is 35.4. The molecule has 0 aliphatic heterocycles. The third kappa shape index (κ3) is 5.44. The molecule has 2 aromatic carbocycles. The van der Waals surface area contributed by atoms with Gasteiger partial charge in [0.15, 0.2) is 16.6 Å². The molecule has 0 radical (unpaired) electrons. The number of rotatable bonds is 7. The van der Waals surface area contributed by atoms with Crippen LogP contribution in [0.1, 0.15) is 12.5 Å². The number of nitrogens with one attached hydrogen (secondary N) is 1. The van der Waals surface area contributed by atoms with Crippen LogP contribution in [-0.4, -0.2) is 26.4 Å². The van der Waals surface area contributed by atoms with Gasteiger partial charge in [-0.1, -0.05) is 18.2 Å². The van der Waals surface area contributed by atoms with Gasteiger partial charge in [-0.3, -0.25) is 5.43 Å². The monoisotopic (exact) mass is 379 g/mol. The summed E-state index contributed by atoms with van der Waals surface area (Å²) in [6.45, 7) is 2.12. The van der Waals surface area contributed by atoms with Crippen LogP contribution in [0.5, 0.6) is 11.5 Å². The van der Waals surface area contributed by atoms with Gasteiger partial charge < -0.3 is 14.7 Å². The van der Waals surface area contributed by atoms with Crippen LogP contribution in [0.3, 0.4) is 0 Å². The van der Waals surface area contributed by atoms with E-state index in [1.165, 1.54) is 24.4 Å². The summed E-state index contributed by atoms with van der Waals surface area (Å²) in [6.07, 6.45) is 1.47. The molecule has 0 saturated carbocycles. The Morgan fingerprint density at radius 3 is 2.60 bits per heavy atom. The number of thiocarbonyl (C=S) groups is 1. The SMILES string of the molecule is CCOc1cc(/C=N/NC(N)=S)ccc1OS(=O)(=O)c1ccccc1. The number of nitrogens with zero attached hydrogens (tertiary/aromatic N) is 1. The quantitative estimate of drug-likeness (QED) is 0.328. The maximum Gasteiger partial charge on any atom is 0.339 e. The van der Waals surface area contributed by atoms with Gasteiger partial charge in [-0.25, -0.2) is 0 Å². The zero-order chi connectivity index (χ0) is 18.3. The summed E-state index contributed by atoms with van der Waals surface area (Å²) in [5.74, 6) is 0.367. The van der Waals surface area contributed by atoms with Crippen molar-refractivity contribution in [1.82, 2.24) is 5.43 Å². The topological polar surface area (TPSA) is 103 Å². The number of nitrogens with two attached hydrogens (primary N) is 1. The molecule has 0 heterocycles. The highest BCUT2D eigenvalue weighted by Crippen LogP contribution is 2.30. The molecule has 9 heteroatoms. The Bertz CT molecular complexity index is 868. The Balaban J connectivity index is 2.28. The van der Waals surface area contributed by atoms with E-state index in [1.807, 2.05) is 0 Å². The Kier molecular flexibility index (Phi) is 6.31. The van der Waals surface area contributed by atoms with Crippen molar-refractivity contribution in [2.45, 2.75) is 11.8 Å². The van der Waals surface area contributed by atoms with Crippen LogP contribution in [0.15, 0.2) is 58.5 Å². The summed E-state index contributed by atoms with van der Waals surface area (Å²) >= 11 is 4.65. The number of hydrogen-bond acceptors (Lipinski definition) is 6. The van der Waals surface area contributed by atoms with Gasteiger partial charge in [0.25, 0.3) is 0 Å². The van der Waals surface area contributed by atoms with Crippen molar-refractivity contribution >= 4 is 33.7 Å². The highest BCUT2D eigenvalue weighted by Gasteiger charge is 2.19. The first-order valence-electron chi connectivity index (χ1n) is 7.27. The van der Waals surface area contributed by atoms with Crippen molar-refractivity contribution in [2.24, 2.45) is 10.8 Å². The maximum atomic E-state index is 12.3. The molecule has 0 saturated heterocycles. The molecule has 0 fully saturated rings. The van der Waals surface area contributed by atoms with Crippen LogP contribution in [0, 0.1) is 0 Å². The molecular weight excluding hydrogens is 362 g/mol. The van der Waals surface area contributed by atoms with Crippen molar-refractivity contribution in [1.29, 1.82) is 0 Å². The van der Waals surface area contributed by atoms with Crippen LogP contribution in [0.2, 0.25) is 0 Å². The molecule has 0 amide bonds. The first-order valence-corrected chi connectivity index (χ1v) is 9.09. The normalized spacial score (nSPS) is 11.2. The van der Waals surface area contributed by atoms with Gasteiger partial charge in [0.05, 0.1) is 12.8 Å². The van der Waals surface area contributed by atoms with Gasteiger partial charge in [-0.05, 0) is 55.0 Å². The fourth-order valence-corrected chi connectivity index (χ4v) is 2.88. The molecule has 0 atom stereocenters. The summed E-state index contributed by atoms with van der Waals surface area (Å²) in [5.41, 5.74) is 8.36. The van der Waals surface area contributed by atoms with E-state index in [0.717, 1.165) is 0 Å². The van der Waals surface area contributed by atoms with Crippen LogP contribution in [0.4, 0.5) is 0 Å². The number of ether oxygens (including phenoxy) is 1. The van der Waals surface area contributed by atoms with E-state index in [-0.39, 0.29) is 21.5 Å². The minimum Gasteiger partial charge on any atom is -0.490 e. The first kappa shape index (κ1) is 18.7. The number of hydrazone groups is 1. The molecule has 132 valence electrons. The fourth-order valence-electron chi connectivity index (χ4n) is 1.87. The predicted molar refractivity (Wildman–Crippen MR) is 99.4 cm³/mol. The van der Waals surface area contributed by atoms with Gasteiger partial charge in [-0.2, -0.15) is 13.5 Å². The third-order valence-corrected chi connectivity index (χ3v) is 4.23. The summed E-state index contributed by atoms with van der Waals surface area (Å²) in [4.78, 5) is 0.0590. The maximum absolute atomic E-state index is 12.3. The molecule has 0 bridgehead atoms. The molecule has 0 spiro atoms. The fraction of sp³-hybridized carbons (Fsp3) is 0.125. The Labute approximate surface area is 151 Å². The van der Waals surface area contributed by atoms with Gasteiger partial charge >= 0.3 is 10.1 Å². The molecule has 2 aromatic rings. The second kappa shape index (κ2) is 8.45. The second-order valence-corrected chi connectivity index (χ2v) is 6.71. The van der Waals surface area contributed by atoms with Gasteiger partial charge in [-0.15, -0.1) is 0 Å². The highest BCUT2D eigenvalue weighted by molar-refractivity contribution is 7.87. The predicted octanol–water partition coefficient (Wildman–Crippen LogP) is 2.02. The average Bonchev–Trinajstić information content (AvgIpc) is 2.58. The summed E-state index contributed by atoms with van der Waals surface area (Å²) in [7, 11) is -3.95. The van der Waals surface area contributed by atoms with Crippen molar-refractivity contribution in [3.8, 4) is 11.5 Å². The second-order valence-electron chi connectivity index (χ2n) is 4.72. The molecule has 0 unspecified atom stereocenters. The molecule has 0 aliphatic rings. The number of hydrogen-bond donors (Lipinski definition) is 2. The van der Waals surface area contributed by atoms with Crippen LogP contribution >= 0.6 is 12.2 Å². The van der Waals surface area contributed by atoms with Crippen LogP contribution in [-0.2, 0) is 10.1 Å². The van der Waals surface area contributed by atoms with Gasteiger partial charge in [0.1, 0.15) is 4.90 Å². The van der Waals surface area contributed by atoms with E-state index in [9.17, 15) is 8.42 Å². The lowest BCUT2D eigenvalue weighted by atomic mass is 10.2. The molecule has 25 heavy (non-hydrogen) atoms. The lowest BCUT2D eigenvalue weighted by Crippen LogP contribution is -2.23. The number of benzene rings is 2. The van der Waals surface area contributed by atoms with Crippen molar-refractivity contribution < 1.29 is 17.3 Å². The zero-order valence-corrected chi connectivity index (χ0v) is 15.0. The van der Waals surface area contributed by atoms with Crippen molar-refractivity contribution in [2.75, 3.05) is 6.61 Å². The van der Waals surface area contributed by atoms with E-state index in [1.54, 1.807) is 37.3 Å². The third-order valence-electron chi connectivity index (χ3n) is 2.89. The zero-order valence-electron chi connectivity index (χ0n) is 13.4. The van der Waals surface area contributed by atoms with Gasteiger partial charge in [0.2, 0.25) is 0 Å². The van der Waals surface area contributed by atoms with Crippen molar-refractivity contribution in [3.63, 3.8) is 0 Å². The molecule has 0 aromatic heterocycles. The first-order chi connectivity index (χ1) is 11.9. The minimum atomic E-state index is -3.95. The summed E-state index contributed by atoms with van der Waals surface area (Å²) in [6, 6.07) is 12.6. The van der Waals surface area contributed by atoms with Gasteiger partial charge in [0, 0.05) is 0 Å². The van der Waals surface area contributed by atoms with E-state index in [4.69, 9.17) is 14.7 Å².